The van der Waals surface area contributed by atoms with Gasteiger partial charge < -0.3 is 0 Å². The van der Waals surface area contributed by atoms with Gasteiger partial charge in [0.05, 0.1) is 0 Å². The number of anilines is 1. The van der Waals surface area contributed by atoms with Crippen LogP contribution >= 0.6 is 0 Å². The molecule has 2 aromatic heterocycles. The van der Waals surface area contributed by atoms with E-state index in [1.807, 2.05) is 52.0 Å². The number of para-hydroxylation sites is 1. The van der Waals surface area contributed by atoms with E-state index < -0.39 is 5.97 Å². The molecule has 34 heavy (non-hydrogen) atoms. The SMILES string of the molecule is Cc1cc(C(C)Nc2ccccc2C(=O)O)c2oc(-c3ccc(OC(C)C)nc3)c[c](=[V])c2c1. The van der Waals surface area contributed by atoms with Crippen LogP contribution in [0.5, 0.6) is 5.88 Å². The summed E-state index contributed by atoms with van der Waals surface area (Å²) in [5.74, 6) is 0.287. The molecule has 2 heterocycles. The summed E-state index contributed by atoms with van der Waals surface area (Å²) in [5.41, 5.74) is 4.41. The van der Waals surface area contributed by atoms with Gasteiger partial charge in [-0.1, -0.05) is 0 Å². The summed E-state index contributed by atoms with van der Waals surface area (Å²) in [4.78, 5) is 16.1. The van der Waals surface area contributed by atoms with E-state index in [1.165, 1.54) is 0 Å². The van der Waals surface area contributed by atoms with Crippen molar-refractivity contribution in [3.05, 3.63) is 81.4 Å². The number of aryl methyl sites for hydroxylation is 1. The molecule has 1 atom stereocenters. The van der Waals surface area contributed by atoms with Gasteiger partial charge in [-0.25, -0.2) is 0 Å². The number of rotatable bonds is 7. The quantitative estimate of drug-likeness (QED) is 0.304. The van der Waals surface area contributed by atoms with Gasteiger partial charge in [0.1, 0.15) is 0 Å². The number of carboxylic acids is 1. The predicted molar refractivity (Wildman–Crippen MR) is 129 cm³/mol. The molecule has 0 spiro atoms. The van der Waals surface area contributed by atoms with Gasteiger partial charge in [-0.2, -0.15) is 0 Å². The van der Waals surface area contributed by atoms with Crippen molar-refractivity contribution in [1.82, 2.24) is 4.98 Å². The van der Waals surface area contributed by atoms with Crippen LogP contribution in [0, 0.1) is 10.8 Å². The molecule has 4 rings (SSSR count). The van der Waals surface area contributed by atoms with Gasteiger partial charge in [0.15, 0.2) is 0 Å². The van der Waals surface area contributed by atoms with Crippen LogP contribution in [0.3, 0.4) is 0 Å². The third kappa shape index (κ3) is 5.08. The van der Waals surface area contributed by atoms with Crippen LogP contribution in [0.4, 0.5) is 5.69 Å². The Morgan fingerprint density at radius 3 is 2.56 bits per heavy atom. The Labute approximate surface area is 207 Å². The Kier molecular flexibility index (Phi) is 6.91. The number of carbonyl (C=O) groups is 1. The zero-order valence-electron chi connectivity index (χ0n) is 19.5. The van der Waals surface area contributed by atoms with E-state index in [9.17, 15) is 9.90 Å². The Hall–Kier alpha value is -3.35. The van der Waals surface area contributed by atoms with Crippen LogP contribution in [0.2, 0.25) is 0 Å². The van der Waals surface area contributed by atoms with Crippen molar-refractivity contribution in [3.8, 4) is 17.2 Å². The monoisotopic (exact) mass is 493 g/mol. The second kappa shape index (κ2) is 9.88. The molecular weight excluding hydrogens is 467 g/mol. The van der Waals surface area contributed by atoms with Crippen LogP contribution in [-0.4, -0.2) is 22.2 Å². The second-order valence-electron chi connectivity index (χ2n) is 8.50. The molecule has 0 aliphatic heterocycles. The molecule has 0 fully saturated rings. The van der Waals surface area contributed by atoms with Crippen molar-refractivity contribution >= 4 is 22.6 Å². The van der Waals surface area contributed by atoms with Gasteiger partial charge in [0, 0.05) is 0 Å². The first-order chi connectivity index (χ1) is 16.2. The van der Waals surface area contributed by atoms with E-state index in [2.05, 4.69) is 39.4 Å². The fourth-order valence-corrected chi connectivity index (χ4v) is 4.30. The normalized spacial score (nSPS) is 12.0. The van der Waals surface area contributed by atoms with E-state index in [-0.39, 0.29) is 17.7 Å². The topological polar surface area (TPSA) is 84.6 Å². The van der Waals surface area contributed by atoms with Gasteiger partial charge in [0.2, 0.25) is 0 Å². The fourth-order valence-electron chi connectivity index (χ4n) is 3.85. The van der Waals surface area contributed by atoms with Gasteiger partial charge >= 0.3 is 207 Å². The zero-order chi connectivity index (χ0) is 24.4. The van der Waals surface area contributed by atoms with E-state index in [0.29, 0.717) is 17.3 Å². The minimum absolute atomic E-state index is 0.0503. The summed E-state index contributed by atoms with van der Waals surface area (Å²) >= 11 is 2.61. The molecule has 0 saturated carbocycles. The van der Waals surface area contributed by atoms with Crippen LogP contribution in [0.15, 0.2) is 65.2 Å². The summed E-state index contributed by atoms with van der Waals surface area (Å²) in [6, 6.07) is 16.6. The maximum atomic E-state index is 11.7. The van der Waals surface area contributed by atoms with Crippen molar-refractivity contribution in [2.45, 2.75) is 39.8 Å². The van der Waals surface area contributed by atoms with Crippen LogP contribution < -0.4 is 10.1 Å². The summed E-state index contributed by atoms with van der Waals surface area (Å²) in [6.07, 6.45) is 1.79. The predicted octanol–water partition coefficient (Wildman–Crippen LogP) is 6.54. The van der Waals surface area contributed by atoms with E-state index in [0.717, 1.165) is 31.5 Å². The minimum atomic E-state index is -0.970. The molecule has 0 amide bonds. The Morgan fingerprint density at radius 1 is 1.12 bits per heavy atom. The molecule has 0 saturated heterocycles. The Bertz CT molecular complexity index is 1410. The Balaban J connectivity index is 1.78. The number of hydrogen-bond acceptors (Lipinski definition) is 5. The van der Waals surface area contributed by atoms with Crippen molar-refractivity contribution < 1.29 is 36.0 Å². The molecule has 7 heteroatoms. The number of pyridine rings is 1. The average Bonchev–Trinajstić information content (AvgIpc) is 2.79. The molecule has 0 bridgehead atoms. The first-order valence-electron chi connectivity index (χ1n) is 11.0. The van der Waals surface area contributed by atoms with Crippen molar-refractivity contribution in [3.63, 3.8) is 0 Å². The van der Waals surface area contributed by atoms with E-state index in [4.69, 9.17) is 9.15 Å². The van der Waals surface area contributed by atoms with Gasteiger partial charge in [-0.05, 0) is 0 Å². The number of nitrogens with zero attached hydrogens (tertiary/aromatic N) is 1. The number of ether oxygens (including phenoxy) is 1. The van der Waals surface area contributed by atoms with Crippen molar-refractivity contribution in [1.29, 1.82) is 0 Å². The van der Waals surface area contributed by atoms with Crippen LogP contribution in [0.1, 0.15) is 48.3 Å². The summed E-state index contributed by atoms with van der Waals surface area (Å²) in [5, 5.41) is 13.9. The molecule has 1 unspecified atom stereocenters. The number of benzene rings is 2. The van der Waals surface area contributed by atoms with Crippen LogP contribution in [-0.2, 0) is 17.0 Å². The summed E-state index contributed by atoms with van der Waals surface area (Å²) in [7, 11) is 0. The number of nitrogens with one attached hydrogen (secondary N) is 1. The molecule has 6 nitrogen and oxygen atoms in total. The standard InChI is InChI=1S/C27H26N2O4.V/c1-16(2)32-25-12-10-20(15-28-25)24-11-9-19-13-17(3)14-22(26(19)33-24)18(4)29-23-8-6-5-7-21(23)27(30)31;/h5-8,10-16,18,29H,1-4H3,(H,30,31);. The maximum absolute atomic E-state index is 11.7. The molecule has 173 valence electrons. The average molecular weight is 493 g/mol. The number of hydrogen-bond donors (Lipinski definition) is 2. The first-order valence-corrected chi connectivity index (χ1v) is 11.7. The first kappa shape index (κ1) is 23.8. The van der Waals surface area contributed by atoms with E-state index >= 15 is 0 Å². The number of aromatic nitrogens is 1. The van der Waals surface area contributed by atoms with Gasteiger partial charge in [0.25, 0.3) is 0 Å². The molecule has 4 aromatic rings. The van der Waals surface area contributed by atoms with Crippen molar-refractivity contribution in [2.75, 3.05) is 5.32 Å². The summed E-state index contributed by atoms with van der Waals surface area (Å²) in [6.45, 7) is 7.96. The van der Waals surface area contributed by atoms with Gasteiger partial charge in [-0.15, -0.1) is 0 Å². The van der Waals surface area contributed by atoms with E-state index in [1.54, 1.807) is 24.4 Å². The second-order valence-corrected chi connectivity index (χ2v) is 9.25. The fraction of sp³-hybridized carbons (Fsp3) is 0.222. The molecular formula is C27H26N2O4V. The molecule has 2 aromatic carbocycles. The molecule has 0 radical (unpaired) electrons. The summed E-state index contributed by atoms with van der Waals surface area (Å²) < 4.78 is 13.1. The number of fused-ring (bicyclic) bond motifs is 1. The van der Waals surface area contributed by atoms with Crippen LogP contribution in [0.25, 0.3) is 22.3 Å². The third-order valence-electron chi connectivity index (χ3n) is 5.39. The number of carboxylic acid groups (broad SMARTS) is 1. The van der Waals surface area contributed by atoms with Crippen molar-refractivity contribution in [2.24, 2.45) is 0 Å². The zero-order valence-corrected chi connectivity index (χ0v) is 20.9. The molecule has 0 aliphatic rings. The third-order valence-corrected chi connectivity index (χ3v) is 5.97. The molecule has 0 aliphatic carbocycles. The number of aromatic carboxylic acids is 1. The Morgan fingerprint density at radius 2 is 1.88 bits per heavy atom. The van der Waals surface area contributed by atoms with Gasteiger partial charge in [-0.3, -0.25) is 0 Å². The molecule has 2 N–H and O–H groups in total.